The van der Waals surface area contributed by atoms with E-state index < -0.39 is 28.3 Å². The van der Waals surface area contributed by atoms with Gasteiger partial charge in [0.05, 0.1) is 15.3 Å². The van der Waals surface area contributed by atoms with Gasteiger partial charge in [-0.1, -0.05) is 11.6 Å². The number of carbonyl (C=O) groups is 1. The summed E-state index contributed by atoms with van der Waals surface area (Å²) < 4.78 is 29.0. The Hall–Kier alpha value is -2.17. The predicted molar refractivity (Wildman–Crippen MR) is 126 cm³/mol. The lowest BCUT2D eigenvalue weighted by Crippen LogP contribution is -2.49. The van der Waals surface area contributed by atoms with Crippen molar-refractivity contribution in [2.24, 2.45) is 16.5 Å². The zero-order chi connectivity index (χ0) is 23.8. The van der Waals surface area contributed by atoms with Gasteiger partial charge in [0.15, 0.2) is 12.0 Å². The number of amides is 1. The van der Waals surface area contributed by atoms with Crippen LogP contribution >= 0.6 is 23.4 Å². The molecule has 0 radical (unpaired) electrons. The van der Waals surface area contributed by atoms with Crippen molar-refractivity contribution in [1.29, 1.82) is 0 Å². The van der Waals surface area contributed by atoms with Crippen molar-refractivity contribution in [2.75, 3.05) is 11.9 Å². The number of nitrogens with one attached hydrogen (secondary N) is 1. The Morgan fingerprint density at radius 2 is 2.09 bits per heavy atom. The Bertz CT molecular complexity index is 1060. The normalized spacial score (nSPS) is 23.5. The maximum Gasteiger partial charge on any atom is 0.277 e. The summed E-state index contributed by atoms with van der Waals surface area (Å²) in [5.74, 6) is -0.708. The zero-order valence-electron chi connectivity index (χ0n) is 18.3. The monoisotopic (exact) mass is 484 g/mol. The molecule has 1 aliphatic rings. The van der Waals surface area contributed by atoms with Crippen molar-refractivity contribution in [1.82, 2.24) is 9.78 Å². The second kappa shape index (κ2) is 8.99. The Labute approximate surface area is 195 Å². The number of carbonyl (C=O) groups excluding carboxylic acids is 1. The van der Waals surface area contributed by atoms with Crippen LogP contribution in [-0.4, -0.2) is 38.1 Å². The molecule has 1 aliphatic heterocycles. The highest BCUT2D eigenvalue weighted by Gasteiger charge is 2.46. The number of halogens is 3. The van der Waals surface area contributed by atoms with Gasteiger partial charge in [-0.15, -0.1) is 11.8 Å². The van der Waals surface area contributed by atoms with E-state index in [1.807, 2.05) is 20.8 Å². The van der Waals surface area contributed by atoms with Crippen LogP contribution in [-0.2, 0) is 5.54 Å². The van der Waals surface area contributed by atoms with Gasteiger partial charge in [0.1, 0.15) is 11.7 Å². The molecule has 2 heterocycles. The smallest absolute Gasteiger partial charge is 0.277 e. The molecule has 174 valence electrons. The Balaban J connectivity index is 1.98. The van der Waals surface area contributed by atoms with Crippen molar-refractivity contribution >= 4 is 40.8 Å². The van der Waals surface area contributed by atoms with Gasteiger partial charge in [-0.25, -0.2) is 13.5 Å². The van der Waals surface area contributed by atoms with Gasteiger partial charge in [-0.3, -0.25) is 9.79 Å². The molecule has 0 saturated carbocycles. The molecule has 2 unspecified atom stereocenters. The first-order chi connectivity index (χ1) is 14.9. The van der Waals surface area contributed by atoms with Gasteiger partial charge in [-0.05, 0) is 58.9 Å². The molecule has 2 aromatic rings. The number of aliphatic imine (C=N–C) groups is 1. The molecule has 11 heteroatoms. The van der Waals surface area contributed by atoms with Crippen LogP contribution in [0.15, 0.2) is 29.4 Å². The fraction of sp³-hybridized carbons (Fsp3) is 0.476. The molecule has 0 bridgehead atoms. The van der Waals surface area contributed by atoms with E-state index in [4.69, 9.17) is 28.1 Å². The summed E-state index contributed by atoms with van der Waals surface area (Å²) in [5, 5.41) is 6.40. The number of hydrogen-bond acceptors (Lipinski definition) is 6. The maximum absolute atomic E-state index is 15.0. The first-order valence-electron chi connectivity index (χ1n) is 10.1. The van der Waals surface area contributed by atoms with E-state index in [1.165, 1.54) is 31.3 Å². The number of aromatic nitrogens is 2. The Kier molecular flexibility index (Phi) is 6.88. The number of rotatable bonds is 6. The molecule has 0 spiro atoms. The number of anilines is 1. The third-order valence-electron chi connectivity index (χ3n) is 5.50. The minimum Gasteiger partial charge on any atom is -0.386 e. The van der Waals surface area contributed by atoms with Crippen molar-refractivity contribution < 1.29 is 13.6 Å². The van der Waals surface area contributed by atoms with Crippen LogP contribution in [0.1, 0.15) is 56.5 Å². The number of nitrogens with zero attached hydrogens (tertiary/aromatic N) is 3. The third kappa shape index (κ3) is 4.62. The van der Waals surface area contributed by atoms with Crippen molar-refractivity contribution in [2.45, 2.75) is 55.9 Å². The lowest BCUT2D eigenvalue weighted by molar-refractivity contribution is 0.102. The minimum absolute atomic E-state index is 0.00703. The van der Waals surface area contributed by atoms with Crippen LogP contribution in [0.2, 0.25) is 5.02 Å². The first-order valence-corrected chi connectivity index (χ1v) is 11.4. The van der Waals surface area contributed by atoms with Crippen molar-refractivity contribution in [3.63, 3.8) is 0 Å². The number of hydrogen-bond donors (Lipinski definition) is 3. The number of thioether (sulfide) groups is 1. The summed E-state index contributed by atoms with van der Waals surface area (Å²) >= 11 is 7.63. The molecule has 3 atom stereocenters. The minimum atomic E-state index is -1.44. The summed E-state index contributed by atoms with van der Waals surface area (Å²) in [7, 11) is 0. The zero-order valence-corrected chi connectivity index (χ0v) is 19.9. The van der Waals surface area contributed by atoms with Crippen LogP contribution in [0, 0.1) is 5.82 Å². The largest absolute Gasteiger partial charge is 0.386 e. The first kappa shape index (κ1) is 24.5. The summed E-state index contributed by atoms with van der Waals surface area (Å²) in [4.78, 5) is 17.4. The van der Waals surface area contributed by atoms with Gasteiger partial charge < -0.3 is 16.8 Å². The number of benzene rings is 1. The topological polar surface area (TPSA) is 111 Å². The van der Waals surface area contributed by atoms with Crippen LogP contribution in [0.25, 0.3) is 0 Å². The van der Waals surface area contributed by atoms with Crippen LogP contribution in [0.3, 0.4) is 0 Å². The predicted octanol–water partition coefficient (Wildman–Crippen LogP) is 4.23. The molecule has 3 rings (SSSR count). The highest BCUT2D eigenvalue weighted by molar-refractivity contribution is 8.02. The molecular weight excluding hydrogens is 458 g/mol. The second-order valence-corrected chi connectivity index (χ2v) is 10.6. The van der Waals surface area contributed by atoms with E-state index in [9.17, 15) is 9.18 Å². The van der Waals surface area contributed by atoms with E-state index in [1.54, 1.807) is 11.8 Å². The second-order valence-electron chi connectivity index (χ2n) is 8.37. The molecule has 5 N–H and O–H groups in total. The molecule has 0 fully saturated rings. The molecular formula is C21H27ClF2N6OS. The lowest BCUT2D eigenvalue weighted by Gasteiger charge is -2.44. The lowest BCUT2D eigenvalue weighted by atomic mass is 9.85. The molecule has 1 aromatic heterocycles. The van der Waals surface area contributed by atoms with Gasteiger partial charge in [0, 0.05) is 22.7 Å². The highest BCUT2D eigenvalue weighted by Crippen LogP contribution is 2.48. The van der Waals surface area contributed by atoms with Crippen LogP contribution < -0.4 is 16.8 Å². The van der Waals surface area contributed by atoms with E-state index in [2.05, 4.69) is 10.4 Å². The number of amidine groups is 1. The standard InChI is InChI=1S/C21H27ClF2N6OS/c1-11(23)30-10-14(22)17(29-30)18(31)27-12-5-6-15(24)13(9-12)21(4)16(7-8-25)32-20(2,3)19(26)28-21/h5-6,9-11,16H,7-8,25H2,1-4H3,(H2,26,28)(H,27,31)/t11?,16?,21-/m1/s1. The van der Waals surface area contributed by atoms with Crippen LogP contribution in [0.5, 0.6) is 0 Å². The van der Waals surface area contributed by atoms with Gasteiger partial charge in [-0.2, -0.15) is 5.10 Å². The SMILES string of the molecule is CC(F)n1cc(Cl)c(C(=O)Nc2ccc(F)c([C@@]3(C)N=C(N)C(C)(C)SC3CCN)c2)n1. The van der Waals surface area contributed by atoms with Gasteiger partial charge in [0.25, 0.3) is 5.91 Å². The maximum atomic E-state index is 15.0. The summed E-state index contributed by atoms with van der Waals surface area (Å²) in [6.07, 6.45) is 0.391. The average Bonchev–Trinajstić information content (AvgIpc) is 3.10. The Morgan fingerprint density at radius 3 is 2.69 bits per heavy atom. The highest BCUT2D eigenvalue weighted by atomic mass is 35.5. The van der Waals surface area contributed by atoms with Crippen molar-refractivity contribution in [3.8, 4) is 0 Å². The van der Waals surface area contributed by atoms with E-state index >= 15 is 4.39 Å². The molecule has 0 aliphatic carbocycles. The van der Waals surface area contributed by atoms with Gasteiger partial charge in [0.2, 0.25) is 0 Å². The summed E-state index contributed by atoms with van der Waals surface area (Å²) in [6, 6.07) is 4.21. The number of alkyl halides is 1. The summed E-state index contributed by atoms with van der Waals surface area (Å²) in [6.45, 7) is 7.42. The fourth-order valence-corrected chi connectivity index (χ4v) is 5.36. The summed E-state index contributed by atoms with van der Waals surface area (Å²) in [5.41, 5.74) is 11.5. The molecule has 1 aromatic carbocycles. The van der Waals surface area contributed by atoms with E-state index in [-0.39, 0.29) is 21.5 Å². The Morgan fingerprint density at radius 1 is 1.41 bits per heavy atom. The average molecular weight is 485 g/mol. The number of nitrogens with two attached hydrogens (primary N) is 2. The fourth-order valence-electron chi connectivity index (χ4n) is 3.60. The third-order valence-corrected chi connectivity index (χ3v) is 7.55. The van der Waals surface area contributed by atoms with Gasteiger partial charge >= 0.3 is 0 Å². The van der Waals surface area contributed by atoms with Crippen LogP contribution in [0.4, 0.5) is 14.5 Å². The quantitative estimate of drug-likeness (QED) is 0.568. The van der Waals surface area contributed by atoms with Crippen molar-refractivity contribution in [3.05, 3.63) is 46.5 Å². The molecule has 0 saturated heterocycles. The molecule has 7 nitrogen and oxygen atoms in total. The molecule has 32 heavy (non-hydrogen) atoms. The molecule has 1 amide bonds. The van der Waals surface area contributed by atoms with E-state index in [0.717, 1.165) is 4.68 Å². The van der Waals surface area contributed by atoms with E-state index in [0.29, 0.717) is 24.5 Å².